The van der Waals surface area contributed by atoms with Gasteiger partial charge >= 0.3 is 0 Å². The molecule has 90 valence electrons. The van der Waals surface area contributed by atoms with Gasteiger partial charge in [-0.05, 0) is 17.7 Å². The topological polar surface area (TPSA) is 36.9 Å². The van der Waals surface area contributed by atoms with Crippen LogP contribution < -0.4 is 4.74 Å². The van der Waals surface area contributed by atoms with Crippen LogP contribution in [0.3, 0.4) is 0 Å². The van der Waals surface area contributed by atoms with Crippen molar-refractivity contribution in [2.75, 3.05) is 27.9 Å². The van der Waals surface area contributed by atoms with Crippen LogP contribution >= 0.6 is 0 Å². The SMILES string of the molecule is COc1ccc(COCC(OC)OC)cc1. The van der Waals surface area contributed by atoms with Crippen molar-refractivity contribution in [2.24, 2.45) is 0 Å². The van der Waals surface area contributed by atoms with Gasteiger partial charge in [-0.3, -0.25) is 0 Å². The Morgan fingerprint density at radius 3 is 2.12 bits per heavy atom. The van der Waals surface area contributed by atoms with E-state index in [1.165, 1.54) is 0 Å². The van der Waals surface area contributed by atoms with Crippen LogP contribution in [0.5, 0.6) is 5.75 Å². The van der Waals surface area contributed by atoms with Gasteiger partial charge in [0.15, 0.2) is 6.29 Å². The Balaban J connectivity index is 2.31. The molecule has 0 unspecified atom stereocenters. The summed E-state index contributed by atoms with van der Waals surface area (Å²) in [6.45, 7) is 0.951. The predicted molar refractivity (Wildman–Crippen MR) is 60.5 cm³/mol. The molecule has 0 N–H and O–H groups in total. The standard InChI is InChI=1S/C12H18O4/c1-13-11-6-4-10(5-7-11)8-16-9-12(14-2)15-3/h4-7,12H,8-9H2,1-3H3. The van der Waals surface area contributed by atoms with E-state index >= 15 is 0 Å². The van der Waals surface area contributed by atoms with Crippen LogP contribution in [-0.2, 0) is 20.8 Å². The average Bonchev–Trinajstić information content (AvgIpc) is 2.35. The molecule has 1 aromatic rings. The van der Waals surface area contributed by atoms with Gasteiger partial charge in [-0.25, -0.2) is 0 Å². The van der Waals surface area contributed by atoms with Crippen molar-refractivity contribution >= 4 is 0 Å². The monoisotopic (exact) mass is 226 g/mol. The van der Waals surface area contributed by atoms with E-state index in [0.717, 1.165) is 11.3 Å². The Morgan fingerprint density at radius 1 is 1.00 bits per heavy atom. The highest BCUT2D eigenvalue weighted by Crippen LogP contribution is 2.12. The molecule has 4 nitrogen and oxygen atoms in total. The highest BCUT2D eigenvalue weighted by Gasteiger charge is 2.04. The second-order valence-corrected chi connectivity index (χ2v) is 3.26. The van der Waals surface area contributed by atoms with Crippen molar-refractivity contribution in [2.45, 2.75) is 12.9 Å². The fourth-order valence-corrected chi connectivity index (χ4v) is 1.23. The number of ether oxygens (including phenoxy) is 4. The fraction of sp³-hybridized carbons (Fsp3) is 0.500. The molecule has 0 aliphatic rings. The molecule has 1 aromatic carbocycles. The van der Waals surface area contributed by atoms with Gasteiger partial charge in [0.25, 0.3) is 0 Å². The van der Waals surface area contributed by atoms with Crippen molar-refractivity contribution in [3.63, 3.8) is 0 Å². The lowest BCUT2D eigenvalue weighted by Gasteiger charge is -2.13. The number of rotatable bonds is 7. The van der Waals surface area contributed by atoms with Crippen LogP contribution in [-0.4, -0.2) is 34.2 Å². The second-order valence-electron chi connectivity index (χ2n) is 3.26. The first-order valence-corrected chi connectivity index (χ1v) is 5.06. The summed E-state index contributed by atoms with van der Waals surface area (Å²) in [7, 11) is 4.82. The van der Waals surface area contributed by atoms with Crippen molar-refractivity contribution in [3.05, 3.63) is 29.8 Å². The minimum absolute atomic E-state index is 0.307. The van der Waals surface area contributed by atoms with Gasteiger partial charge in [-0.15, -0.1) is 0 Å². The van der Waals surface area contributed by atoms with E-state index in [9.17, 15) is 0 Å². The first-order chi connectivity index (χ1) is 7.80. The first-order valence-electron chi connectivity index (χ1n) is 5.06. The molecular formula is C12H18O4. The molecule has 0 aliphatic heterocycles. The lowest BCUT2D eigenvalue weighted by molar-refractivity contribution is -0.142. The lowest BCUT2D eigenvalue weighted by atomic mass is 10.2. The molecule has 0 saturated carbocycles. The molecule has 1 rings (SSSR count). The lowest BCUT2D eigenvalue weighted by Crippen LogP contribution is -2.19. The maximum Gasteiger partial charge on any atom is 0.180 e. The van der Waals surface area contributed by atoms with Crippen molar-refractivity contribution in [3.8, 4) is 5.75 Å². The third-order valence-corrected chi connectivity index (χ3v) is 2.21. The number of methoxy groups -OCH3 is 3. The highest BCUT2D eigenvalue weighted by molar-refractivity contribution is 5.26. The van der Waals surface area contributed by atoms with Gasteiger partial charge < -0.3 is 18.9 Å². The predicted octanol–water partition coefficient (Wildman–Crippen LogP) is 1.83. The summed E-state index contributed by atoms with van der Waals surface area (Å²) in [5, 5.41) is 0. The van der Waals surface area contributed by atoms with E-state index in [1.807, 2.05) is 24.3 Å². The quantitative estimate of drug-likeness (QED) is 0.665. The maximum atomic E-state index is 5.45. The summed E-state index contributed by atoms with van der Waals surface area (Å²) in [5.41, 5.74) is 1.09. The number of hydrogen-bond acceptors (Lipinski definition) is 4. The zero-order valence-electron chi connectivity index (χ0n) is 9.93. The Bertz CT molecular complexity index is 280. The molecule has 16 heavy (non-hydrogen) atoms. The summed E-state index contributed by atoms with van der Waals surface area (Å²) >= 11 is 0. The van der Waals surface area contributed by atoms with Gasteiger partial charge in [0, 0.05) is 14.2 Å². The summed E-state index contributed by atoms with van der Waals surface area (Å²) in [4.78, 5) is 0. The third kappa shape index (κ3) is 4.18. The average molecular weight is 226 g/mol. The molecule has 0 bridgehead atoms. The van der Waals surface area contributed by atoms with E-state index in [2.05, 4.69) is 0 Å². The Morgan fingerprint density at radius 2 is 1.62 bits per heavy atom. The highest BCUT2D eigenvalue weighted by atomic mass is 16.7. The number of benzene rings is 1. The molecule has 4 heteroatoms. The minimum Gasteiger partial charge on any atom is -0.497 e. The zero-order chi connectivity index (χ0) is 11.8. The van der Waals surface area contributed by atoms with Crippen molar-refractivity contribution in [1.82, 2.24) is 0 Å². The van der Waals surface area contributed by atoms with Crippen molar-refractivity contribution in [1.29, 1.82) is 0 Å². The van der Waals surface area contributed by atoms with Crippen LogP contribution in [0.25, 0.3) is 0 Å². The van der Waals surface area contributed by atoms with Crippen LogP contribution in [0.15, 0.2) is 24.3 Å². The molecule has 0 atom stereocenters. The van der Waals surface area contributed by atoms with E-state index < -0.39 is 0 Å². The Hall–Kier alpha value is -1.10. The summed E-state index contributed by atoms with van der Waals surface area (Å²) in [6.07, 6.45) is -0.307. The van der Waals surface area contributed by atoms with Crippen LogP contribution in [0, 0.1) is 0 Å². The van der Waals surface area contributed by atoms with Crippen LogP contribution in [0.2, 0.25) is 0 Å². The van der Waals surface area contributed by atoms with Gasteiger partial charge in [0.05, 0.1) is 20.3 Å². The van der Waals surface area contributed by atoms with Gasteiger partial charge in [-0.1, -0.05) is 12.1 Å². The van der Waals surface area contributed by atoms with Gasteiger partial charge in [0.2, 0.25) is 0 Å². The van der Waals surface area contributed by atoms with Gasteiger partial charge in [0.1, 0.15) is 5.75 Å². The molecule has 0 heterocycles. The van der Waals surface area contributed by atoms with E-state index in [1.54, 1.807) is 21.3 Å². The summed E-state index contributed by atoms with van der Waals surface area (Å²) in [5.74, 6) is 0.843. The zero-order valence-corrected chi connectivity index (χ0v) is 9.93. The number of hydrogen-bond donors (Lipinski definition) is 0. The fourth-order valence-electron chi connectivity index (χ4n) is 1.23. The molecule has 0 fully saturated rings. The third-order valence-electron chi connectivity index (χ3n) is 2.21. The maximum absolute atomic E-state index is 5.45. The van der Waals surface area contributed by atoms with E-state index in [4.69, 9.17) is 18.9 Å². The Labute approximate surface area is 96.1 Å². The summed E-state index contributed by atoms with van der Waals surface area (Å²) < 4.78 is 20.5. The van der Waals surface area contributed by atoms with Crippen LogP contribution in [0.4, 0.5) is 0 Å². The minimum atomic E-state index is -0.307. The molecule has 0 aromatic heterocycles. The first kappa shape index (κ1) is 13.0. The summed E-state index contributed by atoms with van der Waals surface area (Å²) in [6, 6.07) is 7.74. The molecule has 0 amide bonds. The molecule has 0 radical (unpaired) electrons. The van der Waals surface area contributed by atoms with E-state index in [0.29, 0.717) is 13.2 Å². The van der Waals surface area contributed by atoms with Crippen molar-refractivity contribution < 1.29 is 18.9 Å². The van der Waals surface area contributed by atoms with E-state index in [-0.39, 0.29) is 6.29 Å². The van der Waals surface area contributed by atoms with Gasteiger partial charge in [-0.2, -0.15) is 0 Å². The smallest absolute Gasteiger partial charge is 0.180 e. The molecular weight excluding hydrogens is 208 g/mol. The molecule has 0 aliphatic carbocycles. The largest absolute Gasteiger partial charge is 0.497 e. The molecule has 0 spiro atoms. The Kier molecular flexibility index (Phi) is 5.85. The van der Waals surface area contributed by atoms with Crippen LogP contribution in [0.1, 0.15) is 5.56 Å². The molecule has 0 saturated heterocycles. The normalized spacial score (nSPS) is 10.8. The second kappa shape index (κ2) is 7.22.